The van der Waals surface area contributed by atoms with Crippen LogP contribution in [0.5, 0.6) is 0 Å². The second-order valence-electron chi connectivity index (χ2n) is 5.31. The number of hydrogen-bond donors (Lipinski definition) is 1. The maximum Gasteiger partial charge on any atom is 0.411 e. The lowest BCUT2D eigenvalue weighted by atomic mass is 10.1. The van der Waals surface area contributed by atoms with E-state index < -0.39 is 12.8 Å². The minimum atomic E-state index is -4.34. The highest BCUT2D eigenvalue weighted by Gasteiger charge is 2.32. The van der Waals surface area contributed by atoms with Gasteiger partial charge >= 0.3 is 6.18 Å². The van der Waals surface area contributed by atoms with Gasteiger partial charge in [0.25, 0.3) is 0 Å². The van der Waals surface area contributed by atoms with Crippen molar-refractivity contribution in [2.24, 2.45) is 5.92 Å². The zero-order chi connectivity index (χ0) is 15.3. The van der Waals surface area contributed by atoms with Gasteiger partial charge in [0.2, 0.25) is 5.89 Å². The van der Waals surface area contributed by atoms with Crippen LogP contribution >= 0.6 is 0 Å². The van der Waals surface area contributed by atoms with Gasteiger partial charge in [-0.1, -0.05) is 12.1 Å². The Morgan fingerprint density at radius 2 is 2.19 bits per heavy atom. The molecule has 8 heteroatoms. The first-order chi connectivity index (χ1) is 9.98. The molecule has 5 nitrogen and oxygen atoms in total. The van der Waals surface area contributed by atoms with Crippen LogP contribution in [0.25, 0.3) is 0 Å². The molecule has 1 unspecified atom stereocenters. The van der Waals surface area contributed by atoms with Crippen molar-refractivity contribution < 1.29 is 22.4 Å². The molecule has 0 aromatic carbocycles. The summed E-state index contributed by atoms with van der Waals surface area (Å²) in [7, 11) is 0. The van der Waals surface area contributed by atoms with Crippen molar-refractivity contribution in [3.63, 3.8) is 0 Å². The standard InChI is InChI=1S/C13H20F3N3O2/c1-2-5-17-10(9-3-4-9)6-12-18-11(19-21-12)7-20-8-13(14,15)16/h9-10,17H,2-8H2,1H3. The quantitative estimate of drug-likeness (QED) is 0.759. The van der Waals surface area contributed by atoms with Crippen LogP contribution in [0.4, 0.5) is 13.2 Å². The largest absolute Gasteiger partial charge is 0.411 e. The van der Waals surface area contributed by atoms with Crippen LogP contribution in [0, 0.1) is 5.92 Å². The van der Waals surface area contributed by atoms with Crippen molar-refractivity contribution in [3.8, 4) is 0 Å². The molecule has 0 bridgehead atoms. The number of ether oxygens (including phenoxy) is 1. The van der Waals surface area contributed by atoms with Crippen molar-refractivity contribution in [2.45, 2.75) is 51.4 Å². The van der Waals surface area contributed by atoms with E-state index in [2.05, 4.69) is 27.1 Å². The zero-order valence-corrected chi connectivity index (χ0v) is 11.9. The smallest absolute Gasteiger partial charge is 0.364 e. The van der Waals surface area contributed by atoms with Crippen molar-refractivity contribution in [1.29, 1.82) is 0 Å². The summed E-state index contributed by atoms with van der Waals surface area (Å²) in [5.74, 6) is 1.23. The number of nitrogens with zero attached hydrogens (tertiary/aromatic N) is 2. The van der Waals surface area contributed by atoms with Gasteiger partial charge in [-0.3, -0.25) is 0 Å². The lowest BCUT2D eigenvalue weighted by Crippen LogP contribution is -2.33. The molecule has 1 fully saturated rings. The summed E-state index contributed by atoms with van der Waals surface area (Å²) in [6.07, 6.45) is -0.303. The van der Waals surface area contributed by atoms with E-state index in [-0.39, 0.29) is 12.4 Å². The number of hydrogen-bond acceptors (Lipinski definition) is 5. The van der Waals surface area contributed by atoms with Gasteiger partial charge in [0.1, 0.15) is 13.2 Å². The van der Waals surface area contributed by atoms with Crippen LogP contribution in [-0.4, -0.2) is 35.5 Å². The van der Waals surface area contributed by atoms with Crippen LogP contribution in [0.15, 0.2) is 4.52 Å². The summed E-state index contributed by atoms with van der Waals surface area (Å²) in [5, 5.41) is 7.09. The van der Waals surface area contributed by atoms with Crippen molar-refractivity contribution in [3.05, 3.63) is 11.7 Å². The Bertz CT molecular complexity index is 433. The van der Waals surface area contributed by atoms with Crippen LogP contribution < -0.4 is 5.32 Å². The van der Waals surface area contributed by atoms with E-state index in [0.29, 0.717) is 24.3 Å². The third-order valence-electron chi connectivity index (χ3n) is 3.25. The second-order valence-corrected chi connectivity index (χ2v) is 5.31. The lowest BCUT2D eigenvalue weighted by Gasteiger charge is -2.15. The molecule has 0 amide bonds. The average Bonchev–Trinajstić information content (AvgIpc) is 3.15. The fourth-order valence-electron chi connectivity index (χ4n) is 2.11. The molecule has 1 aromatic heterocycles. The predicted octanol–water partition coefficient (Wildman–Crippen LogP) is 2.47. The third kappa shape index (κ3) is 6.01. The molecule has 1 atom stereocenters. The summed E-state index contributed by atoms with van der Waals surface area (Å²) in [4.78, 5) is 4.08. The molecule has 1 saturated carbocycles. The summed E-state index contributed by atoms with van der Waals surface area (Å²) in [5.41, 5.74) is 0. The van der Waals surface area contributed by atoms with Gasteiger partial charge in [0.15, 0.2) is 5.82 Å². The molecule has 1 aliphatic carbocycles. The zero-order valence-electron chi connectivity index (χ0n) is 11.9. The molecule has 0 aliphatic heterocycles. The molecule has 21 heavy (non-hydrogen) atoms. The highest BCUT2D eigenvalue weighted by molar-refractivity contribution is 4.94. The van der Waals surface area contributed by atoms with Gasteiger partial charge in [-0.05, 0) is 31.7 Å². The highest BCUT2D eigenvalue weighted by Crippen LogP contribution is 2.33. The molecule has 0 radical (unpaired) electrons. The fraction of sp³-hybridized carbons (Fsp3) is 0.846. The Hall–Kier alpha value is -1.15. The first-order valence-electron chi connectivity index (χ1n) is 7.17. The first-order valence-corrected chi connectivity index (χ1v) is 7.17. The number of nitrogens with one attached hydrogen (secondary N) is 1. The van der Waals surface area contributed by atoms with Gasteiger partial charge in [-0.25, -0.2) is 0 Å². The lowest BCUT2D eigenvalue weighted by molar-refractivity contribution is -0.177. The maximum atomic E-state index is 12.0. The Morgan fingerprint density at radius 1 is 1.43 bits per heavy atom. The van der Waals surface area contributed by atoms with Crippen LogP contribution in [0.2, 0.25) is 0 Å². The molecular weight excluding hydrogens is 287 g/mol. The SMILES string of the molecule is CCCNC(Cc1nc(COCC(F)(F)F)no1)C1CC1. The van der Waals surface area contributed by atoms with Gasteiger partial charge in [0, 0.05) is 12.5 Å². The van der Waals surface area contributed by atoms with Gasteiger partial charge in [-0.15, -0.1) is 0 Å². The van der Waals surface area contributed by atoms with E-state index in [1.165, 1.54) is 12.8 Å². The Balaban J connectivity index is 1.78. The average molecular weight is 307 g/mol. The van der Waals surface area contributed by atoms with Crippen LogP contribution in [0.1, 0.15) is 37.9 Å². The fourth-order valence-corrected chi connectivity index (χ4v) is 2.11. The summed E-state index contributed by atoms with van der Waals surface area (Å²) >= 11 is 0. The monoisotopic (exact) mass is 307 g/mol. The second kappa shape index (κ2) is 7.22. The van der Waals surface area contributed by atoms with E-state index in [4.69, 9.17) is 4.52 Å². The minimum absolute atomic E-state index is 0.152. The highest BCUT2D eigenvalue weighted by atomic mass is 19.4. The third-order valence-corrected chi connectivity index (χ3v) is 3.25. The van der Waals surface area contributed by atoms with E-state index >= 15 is 0 Å². The molecule has 1 aromatic rings. The first kappa shape index (κ1) is 16.2. The molecule has 120 valence electrons. The summed E-state index contributed by atoms with van der Waals surface area (Å²) < 4.78 is 45.4. The normalized spacial score (nSPS) is 17.1. The minimum Gasteiger partial charge on any atom is -0.364 e. The molecule has 2 rings (SSSR count). The molecular formula is C13H20F3N3O2. The van der Waals surface area contributed by atoms with Crippen LogP contribution in [0.3, 0.4) is 0 Å². The van der Waals surface area contributed by atoms with E-state index in [0.717, 1.165) is 13.0 Å². The number of halogens is 3. The molecule has 1 N–H and O–H groups in total. The van der Waals surface area contributed by atoms with E-state index in [1.807, 2.05) is 0 Å². The Kier molecular flexibility index (Phi) is 5.58. The number of rotatable bonds is 9. The number of alkyl halides is 3. The summed E-state index contributed by atoms with van der Waals surface area (Å²) in [6.45, 7) is 1.43. The van der Waals surface area contributed by atoms with Crippen molar-refractivity contribution in [2.75, 3.05) is 13.2 Å². The van der Waals surface area contributed by atoms with Gasteiger partial charge in [-0.2, -0.15) is 18.2 Å². The Labute approximate surface area is 121 Å². The topological polar surface area (TPSA) is 60.2 Å². The summed E-state index contributed by atoms with van der Waals surface area (Å²) in [6, 6.07) is 0.300. The molecule has 0 spiro atoms. The van der Waals surface area contributed by atoms with Crippen molar-refractivity contribution >= 4 is 0 Å². The van der Waals surface area contributed by atoms with Gasteiger partial charge in [0.05, 0.1) is 0 Å². The van der Waals surface area contributed by atoms with E-state index in [1.54, 1.807) is 0 Å². The predicted molar refractivity (Wildman–Crippen MR) is 68.5 cm³/mol. The van der Waals surface area contributed by atoms with Crippen molar-refractivity contribution in [1.82, 2.24) is 15.5 Å². The Morgan fingerprint density at radius 3 is 2.81 bits per heavy atom. The number of aromatic nitrogens is 2. The molecule has 1 heterocycles. The maximum absolute atomic E-state index is 12.0. The molecule has 0 saturated heterocycles. The van der Waals surface area contributed by atoms with Gasteiger partial charge < -0.3 is 14.6 Å². The molecule has 1 aliphatic rings. The van der Waals surface area contributed by atoms with Crippen LogP contribution in [-0.2, 0) is 17.8 Å². The van der Waals surface area contributed by atoms with E-state index in [9.17, 15) is 13.2 Å².